The maximum atomic E-state index is 11.6. The van der Waals surface area contributed by atoms with E-state index in [2.05, 4.69) is 0 Å². The number of aliphatic hydroxyl groups is 1. The van der Waals surface area contributed by atoms with Gasteiger partial charge in [0, 0.05) is 5.57 Å². The van der Waals surface area contributed by atoms with Crippen molar-refractivity contribution < 1.29 is 23.1 Å². The number of aliphatic hydroxyl groups excluding tert-OH is 1. The molecule has 11 heavy (non-hydrogen) atoms. The number of ketones is 1. The van der Waals surface area contributed by atoms with Crippen LogP contribution in [0.2, 0.25) is 0 Å². The Morgan fingerprint density at radius 1 is 1.55 bits per heavy atom. The molecule has 64 valence electrons. The second-order valence-electron chi connectivity index (χ2n) is 1.83. The highest BCUT2D eigenvalue weighted by atomic mass is 19.4. The first-order chi connectivity index (χ1) is 4.93. The Hall–Kier alpha value is -1.00. The molecular formula is C6H7F3O2. The van der Waals surface area contributed by atoms with Gasteiger partial charge in [-0.1, -0.05) is 6.92 Å². The monoisotopic (exact) mass is 168 g/mol. The number of rotatable bonds is 2. The third-order valence-electron chi connectivity index (χ3n) is 1.09. The summed E-state index contributed by atoms with van der Waals surface area (Å²) in [6.07, 6.45) is -4.82. The van der Waals surface area contributed by atoms with Gasteiger partial charge in [-0.15, -0.1) is 0 Å². The molecule has 0 unspecified atom stereocenters. The molecule has 1 N–H and O–H groups in total. The molecule has 0 aromatic heterocycles. The zero-order chi connectivity index (χ0) is 9.07. The lowest BCUT2D eigenvalue weighted by molar-refractivity contribution is -0.166. The fourth-order valence-corrected chi connectivity index (χ4v) is 0.493. The molecule has 0 heterocycles. The number of carbonyl (C=O) groups is 1. The van der Waals surface area contributed by atoms with Gasteiger partial charge in [0.15, 0.2) is 0 Å². The smallest absolute Gasteiger partial charge is 0.454 e. The molecule has 0 aliphatic rings. The lowest BCUT2D eigenvalue weighted by Gasteiger charge is -2.04. The third-order valence-corrected chi connectivity index (χ3v) is 1.09. The Bertz CT molecular complexity index is 181. The average Bonchev–Trinajstić information content (AvgIpc) is 1.88. The van der Waals surface area contributed by atoms with Gasteiger partial charge in [0.2, 0.25) is 0 Å². The van der Waals surface area contributed by atoms with Crippen molar-refractivity contribution in [3.05, 3.63) is 11.8 Å². The number of carbonyl (C=O) groups excluding carboxylic acids is 1. The summed E-state index contributed by atoms with van der Waals surface area (Å²) in [4.78, 5) is 10.3. The first-order valence-corrected chi connectivity index (χ1v) is 2.88. The van der Waals surface area contributed by atoms with Crippen LogP contribution in [0.3, 0.4) is 0 Å². The second kappa shape index (κ2) is 3.41. The van der Waals surface area contributed by atoms with E-state index in [0.29, 0.717) is 0 Å². The summed E-state index contributed by atoms with van der Waals surface area (Å²) < 4.78 is 34.7. The van der Waals surface area contributed by atoms with E-state index in [4.69, 9.17) is 5.11 Å². The van der Waals surface area contributed by atoms with Crippen LogP contribution in [-0.2, 0) is 4.79 Å². The molecule has 0 radical (unpaired) electrons. The van der Waals surface area contributed by atoms with Crippen LogP contribution in [-0.4, -0.2) is 17.1 Å². The predicted octanol–water partition coefficient (Wildman–Crippen LogP) is 1.97. The summed E-state index contributed by atoms with van der Waals surface area (Å²) in [5.74, 6) is -1.98. The number of hydrogen-bond acceptors (Lipinski definition) is 2. The van der Waals surface area contributed by atoms with E-state index < -0.39 is 17.5 Å². The third kappa shape index (κ3) is 2.61. The fraction of sp³-hybridized carbons (Fsp3) is 0.500. The van der Waals surface area contributed by atoms with Gasteiger partial charge in [-0.2, -0.15) is 13.2 Å². The van der Waals surface area contributed by atoms with Crippen LogP contribution in [0.5, 0.6) is 0 Å². The minimum absolute atomic E-state index is 0.130. The minimum Gasteiger partial charge on any atom is -0.515 e. The molecule has 0 atom stereocenters. The molecule has 2 nitrogen and oxygen atoms in total. The van der Waals surface area contributed by atoms with Crippen LogP contribution in [0.15, 0.2) is 11.8 Å². The van der Waals surface area contributed by atoms with Crippen LogP contribution < -0.4 is 0 Å². The SMILES string of the molecule is CC/C(=C/O)C(=O)C(F)(F)F. The van der Waals surface area contributed by atoms with E-state index in [0.717, 1.165) is 0 Å². The van der Waals surface area contributed by atoms with Crippen molar-refractivity contribution in [2.75, 3.05) is 0 Å². The fourth-order valence-electron chi connectivity index (χ4n) is 0.493. The number of Topliss-reactive ketones (excluding diaryl/α,β-unsaturated/α-hetero) is 1. The largest absolute Gasteiger partial charge is 0.515 e. The zero-order valence-corrected chi connectivity index (χ0v) is 5.77. The molecule has 0 amide bonds. The van der Waals surface area contributed by atoms with E-state index in [1.807, 2.05) is 0 Å². The molecule has 0 aromatic carbocycles. The number of halogens is 3. The van der Waals surface area contributed by atoms with Gasteiger partial charge < -0.3 is 5.11 Å². The molecule has 0 bridgehead atoms. The van der Waals surface area contributed by atoms with Crippen molar-refractivity contribution in [1.82, 2.24) is 0 Å². The van der Waals surface area contributed by atoms with Crippen LogP contribution in [0.25, 0.3) is 0 Å². The van der Waals surface area contributed by atoms with E-state index in [1.165, 1.54) is 6.92 Å². The number of hydrogen-bond donors (Lipinski definition) is 1. The molecule has 0 rings (SSSR count). The molecule has 0 aliphatic carbocycles. The molecule has 0 saturated heterocycles. The van der Waals surface area contributed by atoms with Gasteiger partial charge >= 0.3 is 6.18 Å². The standard InChI is InChI=1S/C6H7F3O2/c1-2-4(3-10)5(11)6(7,8)9/h3,10H,2H2,1H3/b4-3-. The molecule has 5 heteroatoms. The van der Waals surface area contributed by atoms with Crippen molar-refractivity contribution in [1.29, 1.82) is 0 Å². The second-order valence-corrected chi connectivity index (χ2v) is 1.83. The summed E-state index contributed by atoms with van der Waals surface area (Å²) >= 11 is 0. The van der Waals surface area contributed by atoms with Gasteiger partial charge in [0.1, 0.15) is 0 Å². The van der Waals surface area contributed by atoms with Gasteiger partial charge in [-0.3, -0.25) is 4.79 Å². The highest BCUT2D eigenvalue weighted by Gasteiger charge is 2.39. The van der Waals surface area contributed by atoms with Crippen LogP contribution in [0.1, 0.15) is 13.3 Å². The lowest BCUT2D eigenvalue weighted by Crippen LogP contribution is -2.24. The first kappa shape index (κ1) is 10.0. The highest BCUT2D eigenvalue weighted by Crippen LogP contribution is 2.21. The minimum atomic E-state index is -4.88. The summed E-state index contributed by atoms with van der Waals surface area (Å²) in [7, 11) is 0. The van der Waals surface area contributed by atoms with Crippen molar-refractivity contribution in [3.8, 4) is 0 Å². The van der Waals surface area contributed by atoms with E-state index in [-0.39, 0.29) is 12.7 Å². The van der Waals surface area contributed by atoms with Crippen LogP contribution in [0.4, 0.5) is 13.2 Å². The van der Waals surface area contributed by atoms with Crippen molar-refractivity contribution >= 4 is 5.78 Å². The maximum absolute atomic E-state index is 11.6. The Kier molecular flexibility index (Phi) is 3.10. The summed E-state index contributed by atoms with van der Waals surface area (Å²) in [5.41, 5.74) is -0.627. The van der Waals surface area contributed by atoms with E-state index >= 15 is 0 Å². The van der Waals surface area contributed by atoms with Crippen LogP contribution >= 0.6 is 0 Å². The van der Waals surface area contributed by atoms with Crippen molar-refractivity contribution in [3.63, 3.8) is 0 Å². The first-order valence-electron chi connectivity index (χ1n) is 2.88. The van der Waals surface area contributed by atoms with Gasteiger partial charge in [0.25, 0.3) is 5.78 Å². The summed E-state index contributed by atoms with van der Waals surface area (Å²) in [6.45, 7) is 1.35. The van der Waals surface area contributed by atoms with E-state index in [1.54, 1.807) is 0 Å². The molecule has 0 aromatic rings. The van der Waals surface area contributed by atoms with E-state index in [9.17, 15) is 18.0 Å². The van der Waals surface area contributed by atoms with Gasteiger partial charge in [-0.25, -0.2) is 0 Å². The van der Waals surface area contributed by atoms with Gasteiger partial charge in [-0.05, 0) is 6.42 Å². The molecule has 0 fully saturated rings. The van der Waals surface area contributed by atoms with Crippen LogP contribution in [0, 0.1) is 0 Å². The average molecular weight is 168 g/mol. The molecule has 0 spiro atoms. The van der Waals surface area contributed by atoms with Gasteiger partial charge in [0.05, 0.1) is 6.26 Å². The zero-order valence-electron chi connectivity index (χ0n) is 5.77. The summed E-state index contributed by atoms with van der Waals surface area (Å²) in [5, 5.41) is 8.18. The maximum Gasteiger partial charge on any atom is 0.454 e. The molecular weight excluding hydrogens is 161 g/mol. The molecule has 0 saturated carbocycles. The lowest BCUT2D eigenvalue weighted by atomic mass is 10.1. The Labute approximate surface area is 61.3 Å². The Morgan fingerprint density at radius 2 is 2.00 bits per heavy atom. The topological polar surface area (TPSA) is 37.3 Å². The quantitative estimate of drug-likeness (QED) is 0.505. The predicted molar refractivity (Wildman–Crippen MR) is 32.1 cm³/mol. The van der Waals surface area contributed by atoms with Crippen molar-refractivity contribution in [2.45, 2.75) is 19.5 Å². The summed E-state index contributed by atoms with van der Waals surface area (Å²) in [6, 6.07) is 0. The highest BCUT2D eigenvalue weighted by molar-refractivity contribution is 5.99. The normalized spacial score (nSPS) is 13.3. The number of alkyl halides is 3. The van der Waals surface area contributed by atoms with Crippen molar-refractivity contribution in [2.24, 2.45) is 0 Å². The Morgan fingerprint density at radius 3 is 2.09 bits per heavy atom. The number of allylic oxidation sites excluding steroid dienone is 1. The Balaban J connectivity index is 4.49. The molecule has 0 aliphatic heterocycles.